The summed E-state index contributed by atoms with van der Waals surface area (Å²) in [5.41, 5.74) is 1.43. The number of anilines is 2. The molecule has 0 spiro atoms. The molecule has 27 heavy (non-hydrogen) atoms. The molecule has 0 aliphatic carbocycles. The monoisotopic (exact) mass is 375 g/mol. The quantitative estimate of drug-likeness (QED) is 0.742. The largest absolute Gasteiger partial charge is 0.325 e. The number of carbonyl (C=O) groups excluding carboxylic acids is 2. The Morgan fingerprint density at radius 1 is 0.963 bits per heavy atom. The van der Waals surface area contributed by atoms with E-state index in [0.717, 1.165) is 30.2 Å². The minimum atomic E-state index is -0.718. The molecule has 144 valence electrons. The first-order valence-corrected chi connectivity index (χ1v) is 8.71. The zero-order chi connectivity index (χ0) is 19.8. The number of para-hydroxylation sites is 1. The van der Waals surface area contributed by atoms with Gasteiger partial charge in [0.05, 0.1) is 18.8 Å². The number of rotatable bonds is 8. The van der Waals surface area contributed by atoms with Gasteiger partial charge in [-0.1, -0.05) is 25.1 Å². The number of amides is 2. The molecule has 0 aliphatic rings. The second-order valence-electron chi connectivity index (χ2n) is 6.25. The van der Waals surface area contributed by atoms with E-state index in [1.54, 1.807) is 11.0 Å². The highest BCUT2D eigenvalue weighted by molar-refractivity contribution is 5.95. The molecule has 0 saturated carbocycles. The third kappa shape index (κ3) is 6.45. The molecule has 0 aliphatic heterocycles. The smallest absolute Gasteiger partial charge is 0.238 e. The standard InChI is InChI=1S/C20H23F2N3O2/c1-3-10-25(12-19(26)23-17-7-5-4-6-14(17)2)13-20(27)24-18-11-15(21)8-9-16(18)22/h4-9,11H,3,10,12-13H2,1-2H3,(H,23,26)(H,24,27). The lowest BCUT2D eigenvalue weighted by atomic mass is 10.2. The van der Waals surface area contributed by atoms with Crippen molar-refractivity contribution in [2.75, 3.05) is 30.3 Å². The Balaban J connectivity index is 1.95. The van der Waals surface area contributed by atoms with Crippen LogP contribution in [0.2, 0.25) is 0 Å². The predicted octanol–water partition coefficient (Wildman–Crippen LogP) is 3.56. The van der Waals surface area contributed by atoms with Crippen molar-refractivity contribution in [1.29, 1.82) is 0 Å². The van der Waals surface area contributed by atoms with Gasteiger partial charge in [0.2, 0.25) is 11.8 Å². The molecule has 0 unspecified atom stereocenters. The number of hydrogen-bond donors (Lipinski definition) is 2. The normalized spacial score (nSPS) is 10.7. The predicted molar refractivity (Wildman–Crippen MR) is 102 cm³/mol. The third-order valence-corrected chi connectivity index (χ3v) is 3.90. The Kier molecular flexibility index (Phi) is 7.43. The number of hydrogen-bond acceptors (Lipinski definition) is 3. The van der Waals surface area contributed by atoms with Gasteiger partial charge in [-0.3, -0.25) is 14.5 Å². The zero-order valence-electron chi connectivity index (χ0n) is 15.4. The first-order valence-electron chi connectivity index (χ1n) is 8.71. The summed E-state index contributed by atoms with van der Waals surface area (Å²) in [7, 11) is 0. The van der Waals surface area contributed by atoms with Gasteiger partial charge in [0.15, 0.2) is 0 Å². The number of aryl methyl sites for hydroxylation is 1. The minimum absolute atomic E-state index is 0.0151. The van der Waals surface area contributed by atoms with Crippen LogP contribution in [0.25, 0.3) is 0 Å². The van der Waals surface area contributed by atoms with Crippen molar-refractivity contribution in [2.24, 2.45) is 0 Å². The lowest BCUT2D eigenvalue weighted by molar-refractivity contribution is -0.120. The van der Waals surface area contributed by atoms with E-state index in [1.165, 1.54) is 0 Å². The second-order valence-corrected chi connectivity index (χ2v) is 6.25. The first kappa shape index (κ1) is 20.5. The summed E-state index contributed by atoms with van der Waals surface area (Å²) in [6.45, 7) is 4.24. The molecule has 0 bridgehead atoms. The summed E-state index contributed by atoms with van der Waals surface area (Å²) < 4.78 is 26.9. The molecular formula is C20H23F2N3O2. The Bertz CT molecular complexity index is 812. The first-order chi connectivity index (χ1) is 12.9. The highest BCUT2D eigenvalue weighted by atomic mass is 19.1. The fraction of sp³-hybridized carbons (Fsp3) is 0.300. The van der Waals surface area contributed by atoms with Crippen LogP contribution >= 0.6 is 0 Å². The van der Waals surface area contributed by atoms with Crippen LogP contribution in [0.3, 0.4) is 0 Å². The topological polar surface area (TPSA) is 61.4 Å². The Morgan fingerprint density at radius 2 is 1.59 bits per heavy atom. The summed E-state index contributed by atoms with van der Waals surface area (Å²) in [4.78, 5) is 26.1. The van der Waals surface area contributed by atoms with Crippen LogP contribution in [-0.4, -0.2) is 36.3 Å². The average molecular weight is 375 g/mol. The molecular weight excluding hydrogens is 352 g/mol. The number of halogens is 2. The second kappa shape index (κ2) is 9.78. The maximum absolute atomic E-state index is 13.6. The molecule has 2 amide bonds. The van der Waals surface area contributed by atoms with E-state index in [-0.39, 0.29) is 24.7 Å². The Morgan fingerprint density at radius 3 is 2.22 bits per heavy atom. The van der Waals surface area contributed by atoms with Crippen LogP contribution in [0, 0.1) is 18.6 Å². The third-order valence-electron chi connectivity index (χ3n) is 3.90. The molecule has 2 aromatic rings. The minimum Gasteiger partial charge on any atom is -0.325 e. The summed E-state index contributed by atoms with van der Waals surface area (Å²) in [6.07, 6.45) is 0.735. The average Bonchev–Trinajstić information content (AvgIpc) is 2.60. The highest BCUT2D eigenvalue weighted by Crippen LogP contribution is 2.15. The van der Waals surface area contributed by atoms with Gasteiger partial charge in [-0.2, -0.15) is 0 Å². The zero-order valence-corrected chi connectivity index (χ0v) is 15.4. The van der Waals surface area contributed by atoms with Gasteiger partial charge in [0, 0.05) is 11.8 Å². The van der Waals surface area contributed by atoms with Gasteiger partial charge in [-0.15, -0.1) is 0 Å². The molecule has 0 saturated heterocycles. The SMILES string of the molecule is CCCN(CC(=O)Nc1ccccc1C)CC(=O)Nc1cc(F)ccc1F. The van der Waals surface area contributed by atoms with Gasteiger partial charge >= 0.3 is 0 Å². The molecule has 2 aromatic carbocycles. The summed E-state index contributed by atoms with van der Waals surface area (Å²) in [5.74, 6) is -2.13. The molecule has 0 heterocycles. The van der Waals surface area contributed by atoms with Crippen molar-refractivity contribution in [3.05, 3.63) is 59.7 Å². The van der Waals surface area contributed by atoms with E-state index in [4.69, 9.17) is 0 Å². The van der Waals surface area contributed by atoms with Crippen molar-refractivity contribution in [3.8, 4) is 0 Å². The van der Waals surface area contributed by atoms with E-state index in [0.29, 0.717) is 12.2 Å². The molecule has 0 radical (unpaired) electrons. The van der Waals surface area contributed by atoms with Crippen LogP contribution in [0.4, 0.5) is 20.2 Å². The van der Waals surface area contributed by atoms with Crippen LogP contribution in [0.5, 0.6) is 0 Å². The van der Waals surface area contributed by atoms with E-state index in [2.05, 4.69) is 10.6 Å². The summed E-state index contributed by atoms with van der Waals surface area (Å²) >= 11 is 0. The summed E-state index contributed by atoms with van der Waals surface area (Å²) in [5, 5.41) is 5.16. The fourth-order valence-corrected chi connectivity index (χ4v) is 2.62. The van der Waals surface area contributed by atoms with Crippen molar-refractivity contribution in [3.63, 3.8) is 0 Å². The van der Waals surface area contributed by atoms with Gasteiger partial charge in [0.1, 0.15) is 11.6 Å². The van der Waals surface area contributed by atoms with Crippen molar-refractivity contribution in [2.45, 2.75) is 20.3 Å². The van der Waals surface area contributed by atoms with Gasteiger partial charge in [-0.05, 0) is 43.7 Å². The maximum atomic E-state index is 13.6. The lowest BCUT2D eigenvalue weighted by Gasteiger charge is -2.21. The molecule has 0 aromatic heterocycles. The number of nitrogens with one attached hydrogen (secondary N) is 2. The molecule has 2 N–H and O–H groups in total. The summed E-state index contributed by atoms with van der Waals surface area (Å²) in [6, 6.07) is 10.2. The van der Waals surface area contributed by atoms with Crippen molar-refractivity contribution < 1.29 is 18.4 Å². The molecule has 0 atom stereocenters. The number of carbonyl (C=O) groups is 2. The maximum Gasteiger partial charge on any atom is 0.238 e. The van der Waals surface area contributed by atoms with Crippen LogP contribution in [0.15, 0.2) is 42.5 Å². The molecule has 2 rings (SSSR count). The lowest BCUT2D eigenvalue weighted by Crippen LogP contribution is -2.39. The van der Waals surface area contributed by atoms with E-state index in [9.17, 15) is 18.4 Å². The molecule has 5 nitrogen and oxygen atoms in total. The Hall–Kier alpha value is -2.80. The van der Waals surface area contributed by atoms with Crippen LogP contribution in [-0.2, 0) is 9.59 Å². The van der Waals surface area contributed by atoms with Gasteiger partial charge < -0.3 is 10.6 Å². The van der Waals surface area contributed by atoms with Crippen LogP contribution in [0.1, 0.15) is 18.9 Å². The van der Waals surface area contributed by atoms with Crippen molar-refractivity contribution >= 4 is 23.2 Å². The van der Waals surface area contributed by atoms with E-state index >= 15 is 0 Å². The van der Waals surface area contributed by atoms with Gasteiger partial charge in [0.25, 0.3) is 0 Å². The fourth-order valence-electron chi connectivity index (χ4n) is 2.62. The number of benzene rings is 2. The van der Waals surface area contributed by atoms with Crippen LogP contribution < -0.4 is 10.6 Å². The van der Waals surface area contributed by atoms with Gasteiger partial charge in [-0.25, -0.2) is 8.78 Å². The Labute approximate surface area is 157 Å². The van der Waals surface area contributed by atoms with Crippen molar-refractivity contribution in [1.82, 2.24) is 4.90 Å². The molecule has 7 heteroatoms. The highest BCUT2D eigenvalue weighted by Gasteiger charge is 2.16. The molecule has 0 fully saturated rings. The number of nitrogens with zero attached hydrogens (tertiary/aromatic N) is 1. The van der Waals surface area contributed by atoms with E-state index in [1.807, 2.05) is 32.0 Å². The van der Waals surface area contributed by atoms with E-state index < -0.39 is 17.5 Å².